The Balaban J connectivity index is 1.44. The number of carbonyl (C=O) groups excluding carboxylic acids is 2. The summed E-state index contributed by atoms with van der Waals surface area (Å²) in [4.78, 5) is 24.2. The quantitative estimate of drug-likeness (QED) is 0.424. The zero-order valence-electron chi connectivity index (χ0n) is 16.1. The van der Waals surface area contributed by atoms with Crippen LogP contribution in [0.5, 0.6) is 0 Å². The molecule has 3 N–H and O–H groups in total. The molecule has 0 aliphatic rings. The SMILES string of the molecule is O=C(CCc1ccccc1)Nc1ccc(NCC(=O)Nc2cccc(Cl)c2Cl)cc1. The molecule has 0 spiro atoms. The van der Waals surface area contributed by atoms with Gasteiger partial charge in [0.1, 0.15) is 0 Å². The van der Waals surface area contributed by atoms with Gasteiger partial charge in [-0.15, -0.1) is 0 Å². The highest BCUT2D eigenvalue weighted by molar-refractivity contribution is 6.44. The Morgan fingerprint density at radius 2 is 1.43 bits per heavy atom. The van der Waals surface area contributed by atoms with E-state index in [0.29, 0.717) is 34.3 Å². The molecular weight excluding hydrogens is 421 g/mol. The molecule has 0 heterocycles. The summed E-state index contributed by atoms with van der Waals surface area (Å²) >= 11 is 12.0. The Kier molecular flexibility index (Phi) is 7.71. The molecule has 0 aliphatic carbocycles. The van der Waals surface area contributed by atoms with Gasteiger partial charge in [-0.25, -0.2) is 0 Å². The van der Waals surface area contributed by atoms with Gasteiger partial charge in [0, 0.05) is 17.8 Å². The number of hydrogen-bond acceptors (Lipinski definition) is 3. The second-order valence-electron chi connectivity index (χ2n) is 6.61. The van der Waals surface area contributed by atoms with Crippen molar-refractivity contribution in [3.8, 4) is 0 Å². The molecule has 0 saturated heterocycles. The fourth-order valence-electron chi connectivity index (χ4n) is 2.77. The zero-order chi connectivity index (χ0) is 21.3. The maximum absolute atomic E-state index is 12.1. The van der Waals surface area contributed by atoms with Gasteiger partial charge < -0.3 is 16.0 Å². The van der Waals surface area contributed by atoms with Gasteiger partial charge in [0.15, 0.2) is 0 Å². The van der Waals surface area contributed by atoms with Crippen molar-refractivity contribution in [1.29, 1.82) is 0 Å². The van der Waals surface area contributed by atoms with Crippen molar-refractivity contribution in [2.45, 2.75) is 12.8 Å². The van der Waals surface area contributed by atoms with Crippen molar-refractivity contribution < 1.29 is 9.59 Å². The Bertz CT molecular complexity index is 1010. The molecule has 0 saturated carbocycles. The summed E-state index contributed by atoms with van der Waals surface area (Å²) in [7, 11) is 0. The van der Waals surface area contributed by atoms with Crippen molar-refractivity contribution in [1.82, 2.24) is 0 Å². The standard InChI is InChI=1S/C23H21Cl2N3O2/c24-19-7-4-8-20(23(19)25)28-22(30)15-26-17-10-12-18(13-11-17)27-21(29)14-9-16-5-2-1-3-6-16/h1-8,10-13,26H,9,14-15H2,(H,27,29)(H,28,30). The Morgan fingerprint density at radius 1 is 0.733 bits per heavy atom. The van der Waals surface area contributed by atoms with Crippen LogP contribution in [0.3, 0.4) is 0 Å². The van der Waals surface area contributed by atoms with E-state index < -0.39 is 0 Å². The van der Waals surface area contributed by atoms with Crippen LogP contribution in [0.15, 0.2) is 72.8 Å². The van der Waals surface area contributed by atoms with E-state index in [4.69, 9.17) is 23.2 Å². The molecule has 3 aromatic carbocycles. The number of aryl methyl sites for hydroxylation is 1. The molecule has 30 heavy (non-hydrogen) atoms. The minimum Gasteiger partial charge on any atom is -0.376 e. The second kappa shape index (κ2) is 10.7. The molecule has 0 aliphatic heterocycles. The van der Waals surface area contributed by atoms with Crippen molar-refractivity contribution in [3.63, 3.8) is 0 Å². The van der Waals surface area contributed by atoms with E-state index in [1.54, 1.807) is 42.5 Å². The van der Waals surface area contributed by atoms with E-state index in [-0.39, 0.29) is 18.4 Å². The number of nitrogens with one attached hydrogen (secondary N) is 3. The number of halogens is 2. The number of anilines is 3. The summed E-state index contributed by atoms with van der Waals surface area (Å²) in [6.45, 7) is 0.0611. The van der Waals surface area contributed by atoms with Crippen LogP contribution >= 0.6 is 23.2 Å². The van der Waals surface area contributed by atoms with Crippen LogP contribution in [-0.2, 0) is 16.0 Å². The Labute approximate surface area is 185 Å². The first-order valence-electron chi connectivity index (χ1n) is 9.43. The third kappa shape index (κ3) is 6.51. The Hall–Kier alpha value is -3.02. The lowest BCUT2D eigenvalue weighted by Crippen LogP contribution is -2.22. The topological polar surface area (TPSA) is 70.2 Å². The molecule has 0 fully saturated rings. The van der Waals surface area contributed by atoms with Gasteiger partial charge in [0.05, 0.1) is 22.3 Å². The number of amides is 2. The number of carbonyl (C=O) groups is 2. The first-order valence-corrected chi connectivity index (χ1v) is 10.2. The maximum atomic E-state index is 12.1. The first kappa shape index (κ1) is 21.7. The third-order valence-corrected chi connectivity index (χ3v) is 5.15. The minimum absolute atomic E-state index is 0.0441. The van der Waals surface area contributed by atoms with Crippen LogP contribution in [0.4, 0.5) is 17.1 Å². The van der Waals surface area contributed by atoms with Crippen molar-refractivity contribution in [2.24, 2.45) is 0 Å². The molecule has 2 amide bonds. The Morgan fingerprint density at radius 3 is 2.17 bits per heavy atom. The van der Waals surface area contributed by atoms with Crippen molar-refractivity contribution in [2.75, 3.05) is 22.5 Å². The molecule has 7 heteroatoms. The monoisotopic (exact) mass is 441 g/mol. The summed E-state index contributed by atoms with van der Waals surface area (Å²) in [6.07, 6.45) is 1.11. The molecule has 0 atom stereocenters. The average Bonchev–Trinajstić information content (AvgIpc) is 2.76. The predicted molar refractivity (Wildman–Crippen MR) is 123 cm³/mol. The van der Waals surface area contributed by atoms with Gasteiger partial charge in [0.2, 0.25) is 11.8 Å². The third-order valence-electron chi connectivity index (χ3n) is 4.33. The van der Waals surface area contributed by atoms with E-state index in [1.165, 1.54) is 0 Å². The van der Waals surface area contributed by atoms with Crippen LogP contribution in [0.2, 0.25) is 10.0 Å². The van der Waals surface area contributed by atoms with Gasteiger partial charge in [-0.1, -0.05) is 59.6 Å². The predicted octanol–water partition coefficient (Wildman–Crippen LogP) is 5.62. The van der Waals surface area contributed by atoms with Gasteiger partial charge in [-0.05, 0) is 48.4 Å². The van der Waals surface area contributed by atoms with Gasteiger partial charge in [-0.3, -0.25) is 9.59 Å². The van der Waals surface area contributed by atoms with Crippen LogP contribution < -0.4 is 16.0 Å². The van der Waals surface area contributed by atoms with Crippen LogP contribution in [0.25, 0.3) is 0 Å². The highest BCUT2D eigenvalue weighted by atomic mass is 35.5. The fourth-order valence-corrected chi connectivity index (χ4v) is 3.12. The smallest absolute Gasteiger partial charge is 0.243 e. The number of rotatable bonds is 8. The molecule has 3 aromatic rings. The van der Waals surface area contributed by atoms with Crippen LogP contribution in [0, 0.1) is 0 Å². The normalized spacial score (nSPS) is 10.3. The van der Waals surface area contributed by atoms with Gasteiger partial charge in [0.25, 0.3) is 0 Å². The summed E-state index contributed by atoms with van der Waals surface area (Å²) in [5.74, 6) is -0.296. The summed E-state index contributed by atoms with van der Waals surface area (Å²) in [5, 5.41) is 9.30. The van der Waals surface area contributed by atoms with Crippen LogP contribution in [-0.4, -0.2) is 18.4 Å². The van der Waals surface area contributed by atoms with E-state index in [2.05, 4.69) is 16.0 Å². The van der Waals surface area contributed by atoms with Crippen LogP contribution in [0.1, 0.15) is 12.0 Å². The lowest BCUT2D eigenvalue weighted by molar-refractivity contribution is -0.116. The van der Waals surface area contributed by atoms with E-state index >= 15 is 0 Å². The maximum Gasteiger partial charge on any atom is 0.243 e. The van der Waals surface area contributed by atoms with Crippen molar-refractivity contribution in [3.05, 3.63) is 88.4 Å². The second-order valence-corrected chi connectivity index (χ2v) is 7.40. The number of hydrogen-bond donors (Lipinski definition) is 3. The zero-order valence-corrected chi connectivity index (χ0v) is 17.6. The molecule has 0 radical (unpaired) electrons. The van der Waals surface area contributed by atoms with E-state index in [9.17, 15) is 9.59 Å². The lowest BCUT2D eigenvalue weighted by atomic mass is 10.1. The molecule has 0 unspecified atom stereocenters. The van der Waals surface area contributed by atoms with Gasteiger partial charge in [-0.2, -0.15) is 0 Å². The van der Waals surface area contributed by atoms with Crippen molar-refractivity contribution >= 4 is 52.1 Å². The molecule has 0 aromatic heterocycles. The lowest BCUT2D eigenvalue weighted by Gasteiger charge is -2.10. The largest absolute Gasteiger partial charge is 0.376 e. The number of benzene rings is 3. The first-order chi connectivity index (χ1) is 14.5. The highest BCUT2D eigenvalue weighted by Gasteiger charge is 2.08. The molecular formula is C23H21Cl2N3O2. The minimum atomic E-state index is -0.252. The fraction of sp³-hybridized carbons (Fsp3) is 0.130. The van der Waals surface area contributed by atoms with Gasteiger partial charge >= 0.3 is 0 Å². The molecule has 0 bridgehead atoms. The highest BCUT2D eigenvalue weighted by Crippen LogP contribution is 2.29. The molecule has 3 rings (SSSR count). The van der Waals surface area contributed by atoms with E-state index in [1.807, 2.05) is 30.3 Å². The molecule has 5 nitrogen and oxygen atoms in total. The summed E-state index contributed by atoms with van der Waals surface area (Å²) in [6, 6.07) is 22.1. The molecule has 154 valence electrons. The van der Waals surface area contributed by atoms with E-state index in [0.717, 1.165) is 11.3 Å². The average molecular weight is 442 g/mol. The summed E-state index contributed by atoms with van der Waals surface area (Å²) < 4.78 is 0. The summed E-state index contributed by atoms with van der Waals surface area (Å²) in [5.41, 5.74) is 3.05.